The number of benzene rings is 1. The van der Waals surface area contributed by atoms with E-state index in [0.29, 0.717) is 0 Å². The van der Waals surface area contributed by atoms with Crippen molar-refractivity contribution in [2.24, 2.45) is 5.41 Å². The minimum atomic E-state index is 0.0249. The summed E-state index contributed by atoms with van der Waals surface area (Å²) < 4.78 is 4.80. The molecule has 0 radical (unpaired) electrons. The highest BCUT2D eigenvalue weighted by Crippen LogP contribution is 2.43. The van der Waals surface area contributed by atoms with E-state index in [4.69, 9.17) is 4.74 Å². The van der Waals surface area contributed by atoms with E-state index in [2.05, 4.69) is 32.1 Å². The molecule has 2 aliphatic rings. The smallest absolute Gasteiger partial charge is 0.160 e. The van der Waals surface area contributed by atoms with Gasteiger partial charge >= 0.3 is 0 Å². The number of carbonyl (C=O) groups is 1. The third-order valence-electron chi connectivity index (χ3n) is 3.91. The van der Waals surface area contributed by atoms with Crippen LogP contribution in [-0.2, 0) is 9.53 Å². The standard InChI is InChI=1S/C16H18O.C5H6O/c1-12(17)14-10-7-11-16(2,3)15(14)13-8-5-4-6-9-13;1-2-4-6-5-3-1/h4-10H,11H2,1-3H3;1-4H,5H2. The Hall–Kier alpha value is -2.35. The molecule has 0 bridgehead atoms. The average Bonchev–Trinajstić information content (AvgIpc) is 2.56. The van der Waals surface area contributed by atoms with Gasteiger partial charge in [0.2, 0.25) is 0 Å². The van der Waals surface area contributed by atoms with Gasteiger partial charge in [-0.3, -0.25) is 4.79 Å². The van der Waals surface area contributed by atoms with Crippen molar-refractivity contribution in [2.75, 3.05) is 6.61 Å². The summed E-state index contributed by atoms with van der Waals surface area (Å²) in [4.78, 5) is 11.8. The Bertz CT molecular complexity index is 646. The summed E-state index contributed by atoms with van der Waals surface area (Å²) in [5, 5.41) is 0. The van der Waals surface area contributed by atoms with E-state index in [1.807, 2.05) is 42.5 Å². The lowest BCUT2D eigenvalue weighted by atomic mass is 9.72. The van der Waals surface area contributed by atoms with Crippen LogP contribution < -0.4 is 0 Å². The van der Waals surface area contributed by atoms with Gasteiger partial charge in [0.05, 0.1) is 6.26 Å². The maximum Gasteiger partial charge on any atom is 0.160 e. The topological polar surface area (TPSA) is 26.3 Å². The summed E-state index contributed by atoms with van der Waals surface area (Å²) in [6.45, 7) is 6.77. The highest BCUT2D eigenvalue weighted by atomic mass is 16.5. The monoisotopic (exact) mass is 308 g/mol. The molecule has 0 aromatic heterocycles. The minimum Gasteiger partial charge on any atom is -0.497 e. The molecular formula is C21H24O2. The first-order valence-electron chi connectivity index (χ1n) is 7.93. The lowest BCUT2D eigenvalue weighted by molar-refractivity contribution is -0.113. The third-order valence-corrected chi connectivity index (χ3v) is 3.91. The van der Waals surface area contributed by atoms with Crippen molar-refractivity contribution in [3.05, 3.63) is 78.1 Å². The lowest BCUT2D eigenvalue weighted by Gasteiger charge is -2.32. The van der Waals surface area contributed by atoms with Crippen molar-refractivity contribution in [1.29, 1.82) is 0 Å². The van der Waals surface area contributed by atoms with E-state index in [9.17, 15) is 4.79 Å². The molecule has 0 saturated heterocycles. The summed E-state index contributed by atoms with van der Waals surface area (Å²) in [5.41, 5.74) is 3.21. The van der Waals surface area contributed by atoms with Crippen molar-refractivity contribution in [1.82, 2.24) is 0 Å². The van der Waals surface area contributed by atoms with Crippen molar-refractivity contribution in [3.8, 4) is 0 Å². The second-order valence-electron chi connectivity index (χ2n) is 6.29. The maximum atomic E-state index is 11.8. The van der Waals surface area contributed by atoms with Gasteiger partial charge in [-0.05, 0) is 42.0 Å². The van der Waals surface area contributed by atoms with E-state index in [0.717, 1.165) is 24.2 Å². The molecule has 2 nitrogen and oxygen atoms in total. The van der Waals surface area contributed by atoms with Gasteiger partial charge in [-0.2, -0.15) is 0 Å². The second-order valence-corrected chi connectivity index (χ2v) is 6.29. The van der Waals surface area contributed by atoms with Gasteiger partial charge in [0.25, 0.3) is 0 Å². The van der Waals surface area contributed by atoms with Crippen molar-refractivity contribution in [2.45, 2.75) is 27.2 Å². The molecule has 1 heterocycles. The van der Waals surface area contributed by atoms with E-state index in [-0.39, 0.29) is 11.2 Å². The molecule has 1 aliphatic carbocycles. The van der Waals surface area contributed by atoms with Crippen LogP contribution in [0.3, 0.4) is 0 Å². The van der Waals surface area contributed by atoms with Crippen molar-refractivity contribution in [3.63, 3.8) is 0 Å². The van der Waals surface area contributed by atoms with Gasteiger partial charge in [0, 0.05) is 5.57 Å². The van der Waals surface area contributed by atoms with Crippen LogP contribution in [0.2, 0.25) is 0 Å². The van der Waals surface area contributed by atoms with Crippen molar-refractivity contribution >= 4 is 11.4 Å². The largest absolute Gasteiger partial charge is 0.497 e. The number of hydrogen-bond acceptors (Lipinski definition) is 2. The van der Waals surface area contributed by atoms with E-state index >= 15 is 0 Å². The van der Waals surface area contributed by atoms with Crippen LogP contribution in [0.5, 0.6) is 0 Å². The van der Waals surface area contributed by atoms with Gasteiger partial charge in [-0.1, -0.05) is 62.4 Å². The van der Waals surface area contributed by atoms with Crippen LogP contribution >= 0.6 is 0 Å². The number of rotatable bonds is 2. The van der Waals surface area contributed by atoms with Gasteiger partial charge in [-0.15, -0.1) is 0 Å². The first-order valence-corrected chi connectivity index (χ1v) is 7.93. The molecular weight excluding hydrogens is 284 g/mol. The van der Waals surface area contributed by atoms with Crippen LogP contribution in [0, 0.1) is 5.41 Å². The lowest BCUT2D eigenvalue weighted by Crippen LogP contribution is -2.19. The normalized spacial score (nSPS) is 18.0. The SMILES string of the molecule is C1=CCOC=C1.CC(=O)C1=C(c2ccccc2)C(C)(C)CC=C1. The highest BCUT2D eigenvalue weighted by molar-refractivity contribution is 6.05. The Labute approximate surface area is 138 Å². The predicted molar refractivity (Wildman–Crippen MR) is 95.8 cm³/mol. The Morgan fingerprint density at radius 2 is 1.83 bits per heavy atom. The predicted octanol–water partition coefficient (Wildman–Crippen LogP) is 5.10. The van der Waals surface area contributed by atoms with Crippen LogP contribution in [-0.4, -0.2) is 12.4 Å². The van der Waals surface area contributed by atoms with E-state index in [1.165, 1.54) is 5.57 Å². The zero-order valence-electron chi connectivity index (χ0n) is 14.1. The molecule has 0 N–H and O–H groups in total. The molecule has 0 amide bonds. The minimum absolute atomic E-state index is 0.0249. The molecule has 0 saturated carbocycles. The third kappa shape index (κ3) is 4.56. The summed E-state index contributed by atoms with van der Waals surface area (Å²) in [7, 11) is 0. The maximum absolute atomic E-state index is 11.8. The summed E-state index contributed by atoms with van der Waals surface area (Å²) in [6.07, 6.45) is 12.5. The van der Waals surface area contributed by atoms with Crippen LogP contribution in [0.4, 0.5) is 0 Å². The number of ketones is 1. The molecule has 1 aromatic rings. The zero-order valence-corrected chi connectivity index (χ0v) is 14.1. The Morgan fingerprint density at radius 3 is 2.30 bits per heavy atom. The molecule has 1 aromatic carbocycles. The van der Waals surface area contributed by atoms with Gasteiger partial charge < -0.3 is 4.74 Å². The van der Waals surface area contributed by atoms with Crippen LogP contribution in [0.25, 0.3) is 5.57 Å². The molecule has 1 aliphatic heterocycles. The Morgan fingerprint density at radius 1 is 1.09 bits per heavy atom. The summed E-state index contributed by atoms with van der Waals surface area (Å²) in [6, 6.07) is 10.2. The number of Topliss-reactive ketones (excluding diaryl/α,β-unsaturated/α-hetero) is 1. The average molecular weight is 308 g/mol. The quantitative estimate of drug-likeness (QED) is 0.759. The van der Waals surface area contributed by atoms with Gasteiger partial charge in [0.1, 0.15) is 6.61 Å². The fourth-order valence-electron chi connectivity index (χ4n) is 2.81. The van der Waals surface area contributed by atoms with E-state index in [1.54, 1.807) is 13.2 Å². The molecule has 23 heavy (non-hydrogen) atoms. The number of ether oxygens (including phenoxy) is 1. The van der Waals surface area contributed by atoms with E-state index < -0.39 is 0 Å². The number of allylic oxidation sites excluding steroid dienone is 6. The fraction of sp³-hybridized carbons (Fsp3) is 0.286. The fourth-order valence-corrected chi connectivity index (χ4v) is 2.81. The highest BCUT2D eigenvalue weighted by Gasteiger charge is 2.29. The van der Waals surface area contributed by atoms with Gasteiger partial charge in [0.15, 0.2) is 5.78 Å². The summed E-state index contributed by atoms with van der Waals surface area (Å²) >= 11 is 0. The molecule has 0 spiro atoms. The van der Waals surface area contributed by atoms with Crippen LogP contribution in [0.1, 0.15) is 32.8 Å². The Balaban J connectivity index is 0.000000268. The Kier molecular flexibility index (Phi) is 5.75. The number of hydrogen-bond donors (Lipinski definition) is 0. The molecule has 2 heteroatoms. The zero-order chi connectivity index (χ0) is 16.7. The van der Waals surface area contributed by atoms with Gasteiger partial charge in [-0.25, -0.2) is 0 Å². The molecule has 0 fully saturated rings. The molecule has 120 valence electrons. The van der Waals surface area contributed by atoms with Crippen LogP contribution in [0.15, 0.2) is 72.5 Å². The first kappa shape index (κ1) is 17.0. The molecule has 0 atom stereocenters. The molecule has 3 rings (SSSR count). The second kappa shape index (κ2) is 7.77. The first-order chi connectivity index (χ1) is 11.0. The summed E-state index contributed by atoms with van der Waals surface area (Å²) in [5.74, 6) is 0.146. The molecule has 0 unspecified atom stereocenters. The van der Waals surface area contributed by atoms with Crippen molar-refractivity contribution < 1.29 is 9.53 Å². The number of carbonyl (C=O) groups excluding carboxylic acids is 1.